The summed E-state index contributed by atoms with van der Waals surface area (Å²) in [5, 5.41) is 1.54. The van der Waals surface area contributed by atoms with Crippen molar-refractivity contribution in [2.75, 3.05) is 0 Å². The van der Waals surface area contributed by atoms with Gasteiger partial charge in [-0.15, -0.1) is 0 Å². The second kappa shape index (κ2) is 3.68. The Hall–Kier alpha value is 0.0900. The van der Waals surface area contributed by atoms with Gasteiger partial charge in [0.25, 0.3) is 0 Å². The van der Waals surface area contributed by atoms with Crippen molar-refractivity contribution in [1.82, 2.24) is 0 Å². The maximum Gasteiger partial charge on any atom is 0.0778 e. The molecule has 0 spiro atoms. The monoisotopic (exact) mass is 233 g/mol. The van der Waals surface area contributed by atoms with Gasteiger partial charge in [0.15, 0.2) is 0 Å². The van der Waals surface area contributed by atoms with Crippen molar-refractivity contribution in [3.63, 3.8) is 0 Å². The molecule has 69 valence electrons. The van der Waals surface area contributed by atoms with Crippen LogP contribution in [0, 0.1) is 5.92 Å². The molecule has 0 saturated heterocycles. The van der Waals surface area contributed by atoms with Crippen molar-refractivity contribution in [2.45, 2.75) is 19.3 Å². The van der Waals surface area contributed by atoms with Gasteiger partial charge in [-0.05, 0) is 30.5 Å². The smallest absolute Gasteiger partial charge is 0.0778 e. The van der Waals surface area contributed by atoms with Crippen molar-refractivity contribution >= 4 is 34.8 Å². The summed E-state index contributed by atoms with van der Waals surface area (Å²) in [4.78, 5) is 0. The normalized spacial score (nSPS) is 17.2. The van der Waals surface area contributed by atoms with Crippen LogP contribution in [0.4, 0.5) is 0 Å². The fraction of sp³-hybridized carbons (Fsp3) is 0.300. The first-order chi connectivity index (χ1) is 6.18. The third-order valence-electron chi connectivity index (χ3n) is 2.35. The van der Waals surface area contributed by atoms with E-state index in [4.69, 9.17) is 34.8 Å². The van der Waals surface area contributed by atoms with Crippen LogP contribution in [0.3, 0.4) is 0 Å². The third-order valence-corrected chi connectivity index (χ3v) is 3.55. The SMILES string of the molecule is Clc1cc([C]2CCC2)cc(Cl)c1Cl. The average molecular weight is 235 g/mol. The molecular formula is C10H8Cl3. The number of hydrogen-bond acceptors (Lipinski definition) is 0. The lowest BCUT2D eigenvalue weighted by atomic mass is 9.80. The minimum Gasteiger partial charge on any atom is -0.0826 e. The maximum atomic E-state index is 5.91. The number of hydrogen-bond donors (Lipinski definition) is 0. The summed E-state index contributed by atoms with van der Waals surface area (Å²) in [6, 6.07) is 3.79. The van der Waals surface area contributed by atoms with Crippen LogP contribution in [0.15, 0.2) is 12.1 Å². The van der Waals surface area contributed by atoms with Crippen LogP contribution < -0.4 is 0 Å². The molecule has 0 aliphatic heterocycles. The fourth-order valence-electron chi connectivity index (χ4n) is 1.40. The van der Waals surface area contributed by atoms with E-state index in [1.165, 1.54) is 12.3 Å². The Kier molecular flexibility index (Phi) is 2.73. The highest BCUT2D eigenvalue weighted by Crippen LogP contribution is 2.40. The Morgan fingerprint density at radius 2 is 1.46 bits per heavy atom. The first-order valence-electron chi connectivity index (χ1n) is 4.18. The molecule has 1 aromatic rings. The maximum absolute atomic E-state index is 5.91. The van der Waals surface area contributed by atoms with Gasteiger partial charge in [0, 0.05) is 5.92 Å². The Balaban J connectivity index is 2.37. The molecule has 0 nitrogen and oxygen atoms in total. The largest absolute Gasteiger partial charge is 0.0826 e. The zero-order valence-corrected chi connectivity index (χ0v) is 9.18. The fourth-order valence-corrected chi connectivity index (χ4v) is 2.00. The van der Waals surface area contributed by atoms with Crippen molar-refractivity contribution in [2.24, 2.45) is 0 Å². The summed E-state index contributed by atoms with van der Waals surface area (Å²) >= 11 is 17.7. The molecule has 1 aliphatic carbocycles. The number of halogens is 3. The van der Waals surface area contributed by atoms with Gasteiger partial charge < -0.3 is 0 Å². The van der Waals surface area contributed by atoms with Gasteiger partial charge in [-0.3, -0.25) is 0 Å². The van der Waals surface area contributed by atoms with E-state index in [0.29, 0.717) is 15.1 Å². The van der Waals surface area contributed by atoms with Gasteiger partial charge in [-0.25, -0.2) is 0 Å². The summed E-state index contributed by atoms with van der Waals surface area (Å²) in [5.74, 6) is 1.43. The van der Waals surface area contributed by atoms with Crippen molar-refractivity contribution in [3.8, 4) is 0 Å². The van der Waals surface area contributed by atoms with Crippen LogP contribution in [0.1, 0.15) is 24.8 Å². The lowest BCUT2D eigenvalue weighted by Gasteiger charge is -2.25. The molecule has 1 aliphatic rings. The van der Waals surface area contributed by atoms with Gasteiger partial charge in [0.05, 0.1) is 15.1 Å². The van der Waals surface area contributed by atoms with Gasteiger partial charge in [-0.2, -0.15) is 0 Å². The minimum absolute atomic E-state index is 0.451. The average Bonchev–Trinajstić information content (AvgIpc) is 1.96. The highest BCUT2D eigenvalue weighted by Gasteiger charge is 2.21. The van der Waals surface area contributed by atoms with E-state index in [1.807, 2.05) is 12.1 Å². The second-order valence-corrected chi connectivity index (χ2v) is 4.40. The molecule has 0 amide bonds. The predicted molar refractivity (Wildman–Crippen MR) is 57.7 cm³/mol. The predicted octanol–water partition coefficient (Wildman–Crippen LogP) is 4.75. The van der Waals surface area contributed by atoms with Crippen LogP contribution in [0.5, 0.6) is 0 Å². The molecule has 0 N–H and O–H groups in total. The van der Waals surface area contributed by atoms with E-state index >= 15 is 0 Å². The van der Waals surface area contributed by atoms with Gasteiger partial charge in [0.1, 0.15) is 0 Å². The summed E-state index contributed by atoms with van der Waals surface area (Å²) in [5.41, 5.74) is 1.14. The second-order valence-electron chi connectivity index (χ2n) is 3.21. The lowest BCUT2D eigenvalue weighted by Crippen LogP contribution is -2.09. The molecular weight excluding hydrogens is 226 g/mol. The third kappa shape index (κ3) is 1.81. The first kappa shape index (κ1) is 9.64. The molecule has 1 fully saturated rings. The van der Waals surface area contributed by atoms with Crippen molar-refractivity contribution in [3.05, 3.63) is 38.7 Å². The highest BCUT2D eigenvalue weighted by atomic mass is 35.5. The molecule has 0 aromatic heterocycles. The van der Waals surface area contributed by atoms with E-state index in [1.54, 1.807) is 0 Å². The van der Waals surface area contributed by atoms with Crippen LogP contribution in [0.25, 0.3) is 0 Å². The number of benzene rings is 1. The quantitative estimate of drug-likeness (QED) is 0.615. The number of rotatable bonds is 1. The Morgan fingerprint density at radius 1 is 0.923 bits per heavy atom. The van der Waals surface area contributed by atoms with E-state index < -0.39 is 0 Å². The highest BCUT2D eigenvalue weighted by molar-refractivity contribution is 6.48. The zero-order chi connectivity index (χ0) is 9.42. The van der Waals surface area contributed by atoms with E-state index in [2.05, 4.69) is 0 Å². The molecule has 0 bridgehead atoms. The van der Waals surface area contributed by atoms with Crippen molar-refractivity contribution in [1.29, 1.82) is 0 Å². The Labute approximate surface area is 92.8 Å². The molecule has 1 saturated carbocycles. The van der Waals surface area contributed by atoms with Crippen LogP contribution in [-0.2, 0) is 0 Å². The molecule has 0 unspecified atom stereocenters. The van der Waals surface area contributed by atoms with Gasteiger partial charge in [-0.1, -0.05) is 41.2 Å². The first-order valence-corrected chi connectivity index (χ1v) is 5.31. The molecule has 3 heteroatoms. The van der Waals surface area contributed by atoms with Crippen LogP contribution >= 0.6 is 34.8 Å². The standard InChI is InChI=1S/C10H8Cl3/c11-8-4-7(6-2-1-3-6)5-9(12)10(8)13/h4-5H,1-3H2. The summed E-state index contributed by atoms with van der Waals surface area (Å²) in [6.45, 7) is 0. The summed E-state index contributed by atoms with van der Waals surface area (Å²) in [6.07, 6.45) is 3.59. The van der Waals surface area contributed by atoms with E-state index in [-0.39, 0.29) is 0 Å². The molecule has 1 radical (unpaired) electrons. The molecule has 13 heavy (non-hydrogen) atoms. The van der Waals surface area contributed by atoms with Gasteiger partial charge >= 0.3 is 0 Å². The van der Waals surface area contributed by atoms with Crippen LogP contribution in [0.2, 0.25) is 15.1 Å². The van der Waals surface area contributed by atoms with Gasteiger partial charge in [0.2, 0.25) is 0 Å². The van der Waals surface area contributed by atoms with Crippen molar-refractivity contribution < 1.29 is 0 Å². The Morgan fingerprint density at radius 3 is 1.85 bits per heavy atom. The van der Waals surface area contributed by atoms with Crippen LogP contribution in [-0.4, -0.2) is 0 Å². The zero-order valence-electron chi connectivity index (χ0n) is 6.91. The van der Waals surface area contributed by atoms with E-state index in [0.717, 1.165) is 18.4 Å². The van der Waals surface area contributed by atoms with E-state index in [9.17, 15) is 0 Å². The molecule has 2 rings (SSSR count). The minimum atomic E-state index is 0.451. The molecule has 1 aromatic carbocycles. The Bertz CT molecular complexity index is 306. The molecule has 0 atom stereocenters. The summed E-state index contributed by atoms with van der Waals surface area (Å²) in [7, 11) is 0. The lowest BCUT2D eigenvalue weighted by molar-refractivity contribution is 0.577. The summed E-state index contributed by atoms with van der Waals surface area (Å²) < 4.78 is 0. The topological polar surface area (TPSA) is 0 Å². The molecule has 0 heterocycles.